The van der Waals surface area contributed by atoms with Gasteiger partial charge in [0.1, 0.15) is 5.75 Å². The van der Waals surface area contributed by atoms with E-state index in [1.165, 1.54) is 16.8 Å². The first-order valence-electron chi connectivity index (χ1n) is 11.7. The van der Waals surface area contributed by atoms with Gasteiger partial charge in [0.05, 0.1) is 19.1 Å². The van der Waals surface area contributed by atoms with E-state index >= 15 is 0 Å². The summed E-state index contributed by atoms with van der Waals surface area (Å²) in [5, 5.41) is 3.92. The molecular formula is C27H29ClN4O2. The van der Waals surface area contributed by atoms with Crippen molar-refractivity contribution in [2.45, 2.75) is 25.6 Å². The Hall–Kier alpha value is -3.09. The molecule has 0 spiro atoms. The molecule has 6 nitrogen and oxygen atoms in total. The predicted molar refractivity (Wildman–Crippen MR) is 134 cm³/mol. The van der Waals surface area contributed by atoms with E-state index in [1.807, 2.05) is 30.3 Å². The summed E-state index contributed by atoms with van der Waals surface area (Å²) in [5.41, 5.74) is 4.67. The molecule has 1 N–H and O–H groups in total. The third kappa shape index (κ3) is 4.88. The fourth-order valence-electron chi connectivity index (χ4n) is 5.08. The van der Waals surface area contributed by atoms with E-state index in [0.29, 0.717) is 6.54 Å². The average Bonchev–Trinajstić information content (AvgIpc) is 2.88. The lowest BCUT2D eigenvalue weighted by Gasteiger charge is -2.49. The number of nitrogens with one attached hydrogen (secondary N) is 1. The third-order valence-corrected chi connectivity index (χ3v) is 7.13. The Morgan fingerprint density at radius 3 is 2.65 bits per heavy atom. The maximum Gasteiger partial charge on any atom is 0.225 e. The van der Waals surface area contributed by atoms with E-state index in [2.05, 4.69) is 44.4 Å². The van der Waals surface area contributed by atoms with Gasteiger partial charge in [-0.05, 0) is 53.4 Å². The molecule has 0 saturated carbocycles. The number of methoxy groups -OCH3 is 1. The number of amides is 1. The molecule has 1 amide bonds. The molecule has 176 valence electrons. The van der Waals surface area contributed by atoms with Crippen molar-refractivity contribution in [3.05, 3.63) is 88.7 Å². The Labute approximate surface area is 205 Å². The standard InChI is InChI=1S/C27H29ClN4O2/c1-34-23-7-4-21-14-24(27(33)30-16-19-8-10-29-11-9-19)26-18-31(12-13-32(26)25(21)15-23)17-20-2-5-22(28)6-3-20/h2-11,15,24,26H,12-14,16-18H2,1H3,(H,30,33)/t24-,26+/m0/s1. The first-order valence-corrected chi connectivity index (χ1v) is 12.1. The molecule has 1 saturated heterocycles. The smallest absolute Gasteiger partial charge is 0.225 e. The molecule has 3 aromatic rings. The van der Waals surface area contributed by atoms with Crippen LogP contribution in [0.4, 0.5) is 5.69 Å². The minimum atomic E-state index is -0.129. The van der Waals surface area contributed by atoms with E-state index < -0.39 is 0 Å². The summed E-state index contributed by atoms with van der Waals surface area (Å²) < 4.78 is 5.50. The molecule has 2 atom stereocenters. The lowest BCUT2D eigenvalue weighted by atomic mass is 9.83. The molecule has 34 heavy (non-hydrogen) atoms. The van der Waals surface area contributed by atoms with Crippen molar-refractivity contribution in [3.63, 3.8) is 0 Å². The lowest BCUT2D eigenvalue weighted by Crippen LogP contribution is -2.60. The maximum absolute atomic E-state index is 13.5. The van der Waals surface area contributed by atoms with E-state index in [-0.39, 0.29) is 17.9 Å². The summed E-state index contributed by atoms with van der Waals surface area (Å²) in [5.74, 6) is 0.819. The number of fused-ring (bicyclic) bond motifs is 3. The van der Waals surface area contributed by atoms with Crippen molar-refractivity contribution in [1.29, 1.82) is 0 Å². The second-order valence-corrected chi connectivity index (χ2v) is 9.44. The van der Waals surface area contributed by atoms with Crippen LogP contribution in [-0.2, 0) is 24.3 Å². The summed E-state index contributed by atoms with van der Waals surface area (Å²) in [6, 6.07) is 18.2. The van der Waals surface area contributed by atoms with Gasteiger partial charge in [0, 0.05) is 61.9 Å². The number of halogens is 1. The summed E-state index contributed by atoms with van der Waals surface area (Å²) in [6.07, 6.45) is 4.23. The van der Waals surface area contributed by atoms with E-state index in [0.717, 1.165) is 48.9 Å². The Kier molecular flexibility index (Phi) is 6.70. The monoisotopic (exact) mass is 476 g/mol. The lowest BCUT2D eigenvalue weighted by molar-refractivity contribution is -0.126. The number of nitrogens with zero attached hydrogens (tertiary/aromatic N) is 3. The molecule has 2 aliphatic rings. The molecular weight excluding hydrogens is 448 g/mol. The highest BCUT2D eigenvalue weighted by atomic mass is 35.5. The number of benzene rings is 2. The normalized spacial score (nSPS) is 19.8. The molecule has 5 rings (SSSR count). The van der Waals surface area contributed by atoms with Gasteiger partial charge in [-0.1, -0.05) is 29.8 Å². The summed E-state index contributed by atoms with van der Waals surface area (Å²) in [6.45, 7) is 3.98. The van der Waals surface area contributed by atoms with Gasteiger partial charge >= 0.3 is 0 Å². The fraction of sp³-hybridized carbons (Fsp3) is 0.333. The van der Waals surface area contributed by atoms with E-state index in [9.17, 15) is 4.79 Å². The zero-order valence-electron chi connectivity index (χ0n) is 19.3. The number of rotatable bonds is 6. The summed E-state index contributed by atoms with van der Waals surface area (Å²) >= 11 is 6.07. The zero-order valence-corrected chi connectivity index (χ0v) is 20.0. The van der Waals surface area contributed by atoms with Gasteiger partial charge in [-0.25, -0.2) is 0 Å². The molecule has 1 aromatic heterocycles. The number of carbonyl (C=O) groups excluding carboxylic acids is 1. The zero-order chi connectivity index (χ0) is 23.5. The predicted octanol–water partition coefficient (Wildman–Crippen LogP) is 3.92. The molecule has 0 radical (unpaired) electrons. The second-order valence-electron chi connectivity index (χ2n) is 9.00. The molecule has 0 aliphatic carbocycles. The molecule has 0 bridgehead atoms. The molecule has 0 unspecified atom stereocenters. The van der Waals surface area contributed by atoms with Crippen molar-refractivity contribution in [2.24, 2.45) is 5.92 Å². The SMILES string of the molecule is COc1ccc2c(c1)N1CCN(Cc3ccc(Cl)cc3)C[C@@H]1[C@@H](C(=O)NCc1ccncc1)C2. The van der Waals surface area contributed by atoms with Gasteiger partial charge < -0.3 is 15.0 Å². The van der Waals surface area contributed by atoms with Gasteiger partial charge in [0.2, 0.25) is 5.91 Å². The number of pyridine rings is 1. The largest absolute Gasteiger partial charge is 0.497 e. The molecule has 7 heteroatoms. The van der Waals surface area contributed by atoms with Crippen LogP contribution in [0.5, 0.6) is 5.75 Å². The first kappa shape index (κ1) is 22.7. The van der Waals surface area contributed by atoms with Crippen molar-refractivity contribution < 1.29 is 9.53 Å². The number of carbonyl (C=O) groups is 1. The second kappa shape index (κ2) is 10.0. The van der Waals surface area contributed by atoms with Crippen LogP contribution >= 0.6 is 11.6 Å². The Morgan fingerprint density at radius 1 is 1.09 bits per heavy atom. The summed E-state index contributed by atoms with van der Waals surface area (Å²) in [4.78, 5) is 22.4. The van der Waals surface area contributed by atoms with Crippen molar-refractivity contribution in [1.82, 2.24) is 15.2 Å². The number of anilines is 1. The number of aromatic nitrogens is 1. The van der Waals surface area contributed by atoms with Crippen LogP contribution in [-0.4, -0.2) is 48.6 Å². The van der Waals surface area contributed by atoms with Gasteiger partial charge in [0.25, 0.3) is 0 Å². The van der Waals surface area contributed by atoms with Crippen LogP contribution in [0, 0.1) is 5.92 Å². The Morgan fingerprint density at radius 2 is 1.88 bits per heavy atom. The quantitative estimate of drug-likeness (QED) is 0.584. The maximum atomic E-state index is 13.5. The molecule has 3 heterocycles. The van der Waals surface area contributed by atoms with Crippen LogP contribution in [0.1, 0.15) is 16.7 Å². The van der Waals surface area contributed by atoms with Crippen LogP contribution in [0.3, 0.4) is 0 Å². The number of piperazine rings is 1. The summed E-state index contributed by atoms with van der Waals surface area (Å²) in [7, 11) is 1.70. The fourth-order valence-corrected chi connectivity index (χ4v) is 5.20. The third-order valence-electron chi connectivity index (χ3n) is 6.88. The highest BCUT2D eigenvalue weighted by molar-refractivity contribution is 6.30. The van der Waals surface area contributed by atoms with Gasteiger partial charge in [-0.3, -0.25) is 14.7 Å². The first-order chi connectivity index (χ1) is 16.6. The van der Waals surface area contributed by atoms with Gasteiger partial charge in [-0.15, -0.1) is 0 Å². The average molecular weight is 477 g/mol. The van der Waals surface area contributed by atoms with Crippen LogP contribution in [0.25, 0.3) is 0 Å². The van der Waals surface area contributed by atoms with E-state index in [4.69, 9.17) is 16.3 Å². The Bertz CT molecular complexity index is 1140. The molecule has 1 fully saturated rings. The number of ether oxygens (including phenoxy) is 1. The van der Waals surface area contributed by atoms with Crippen LogP contribution < -0.4 is 15.0 Å². The highest BCUT2D eigenvalue weighted by Crippen LogP contribution is 2.38. The minimum Gasteiger partial charge on any atom is -0.497 e. The number of hydrogen-bond acceptors (Lipinski definition) is 5. The minimum absolute atomic E-state index is 0.0955. The number of hydrogen-bond donors (Lipinski definition) is 1. The van der Waals surface area contributed by atoms with Crippen molar-refractivity contribution >= 4 is 23.2 Å². The van der Waals surface area contributed by atoms with E-state index in [1.54, 1.807) is 19.5 Å². The van der Waals surface area contributed by atoms with Crippen LogP contribution in [0.15, 0.2) is 67.0 Å². The van der Waals surface area contributed by atoms with Crippen LogP contribution in [0.2, 0.25) is 5.02 Å². The molecule has 2 aromatic carbocycles. The van der Waals surface area contributed by atoms with Crippen molar-refractivity contribution in [2.75, 3.05) is 31.6 Å². The topological polar surface area (TPSA) is 57.7 Å². The molecule has 2 aliphatic heterocycles. The van der Waals surface area contributed by atoms with Gasteiger partial charge in [-0.2, -0.15) is 0 Å². The Balaban J connectivity index is 1.37. The van der Waals surface area contributed by atoms with Gasteiger partial charge in [0.15, 0.2) is 0 Å². The highest BCUT2D eigenvalue weighted by Gasteiger charge is 2.41. The van der Waals surface area contributed by atoms with Crippen molar-refractivity contribution in [3.8, 4) is 5.75 Å².